The quantitative estimate of drug-likeness (QED) is 0.164. The second-order valence-corrected chi connectivity index (χ2v) is 19.4. The van der Waals surface area contributed by atoms with E-state index in [1.807, 2.05) is 25.2 Å². The molecular formula is C68H46N2O3. The summed E-state index contributed by atoms with van der Waals surface area (Å²) in [5.74, 6) is 0.776. The number of nitrogens with one attached hydrogen (secondary N) is 1. The average Bonchev–Trinajstić information content (AvgIpc) is 4.27. The Hall–Kier alpha value is -9.32. The molecule has 1 unspecified atom stereocenters. The van der Waals surface area contributed by atoms with Crippen molar-refractivity contribution < 1.29 is 13.3 Å². The van der Waals surface area contributed by atoms with Crippen LogP contribution in [0.15, 0.2) is 238 Å². The molecule has 12 aromatic rings. The van der Waals surface area contributed by atoms with Crippen molar-refractivity contribution in [1.29, 1.82) is 0 Å². The summed E-state index contributed by atoms with van der Waals surface area (Å²) in [5, 5.41) is 9.31. The molecule has 1 N–H and O–H groups in total. The molecule has 0 aliphatic heterocycles. The summed E-state index contributed by atoms with van der Waals surface area (Å²) in [6.07, 6.45) is 11.5. The Bertz CT molecular complexity index is 4340. The number of benzene rings is 9. The van der Waals surface area contributed by atoms with E-state index in [-0.39, 0.29) is 6.04 Å². The van der Waals surface area contributed by atoms with Crippen LogP contribution in [0.1, 0.15) is 46.9 Å². The van der Waals surface area contributed by atoms with Gasteiger partial charge in [-0.3, -0.25) is 0 Å². The predicted molar refractivity (Wildman–Crippen MR) is 302 cm³/mol. The number of anilines is 4. The molecule has 0 amide bonds. The second kappa shape index (κ2) is 15.8. The summed E-state index contributed by atoms with van der Waals surface area (Å²) in [7, 11) is 0. The maximum absolute atomic E-state index is 7.06. The van der Waals surface area contributed by atoms with Gasteiger partial charge in [0.05, 0.1) is 28.5 Å². The minimum atomic E-state index is -0.661. The van der Waals surface area contributed by atoms with E-state index >= 15 is 0 Å². The van der Waals surface area contributed by atoms with Gasteiger partial charge in [0.15, 0.2) is 16.7 Å². The first-order chi connectivity index (χ1) is 36.1. The molecule has 0 radical (unpaired) electrons. The molecule has 0 bridgehead atoms. The zero-order valence-electron chi connectivity index (χ0n) is 40.0. The fourth-order valence-corrected chi connectivity index (χ4v) is 12.9. The maximum Gasteiger partial charge on any atom is 0.159 e. The third-order valence-electron chi connectivity index (χ3n) is 15.7. The molecule has 1 atom stereocenters. The average molecular weight is 939 g/mol. The Balaban J connectivity index is 1.00. The highest BCUT2D eigenvalue weighted by atomic mass is 16.3. The van der Waals surface area contributed by atoms with Crippen molar-refractivity contribution in [2.45, 2.75) is 24.8 Å². The van der Waals surface area contributed by atoms with Crippen molar-refractivity contribution in [3.05, 3.63) is 258 Å². The summed E-state index contributed by atoms with van der Waals surface area (Å²) in [6.45, 7) is 6.18. The first-order valence-corrected chi connectivity index (χ1v) is 25.2. The van der Waals surface area contributed by atoms with Gasteiger partial charge in [-0.05, 0) is 106 Å². The fraction of sp³-hybridized carbons (Fsp3) is 0.0588. The van der Waals surface area contributed by atoms with Gasteiger partial charge in [0.1, 0.15) is 16.9 Å². The molecular weight excluding hydrogens is 893 g/mol. The van der Waals surface area contributed by atoms with Crippen LogP contribution in [0.2, 0.25) is 0 Å². The number of rotatable bonds is 8. The van der Waals surface area contributed by atoms with Gasteiger partial charge in [-0.25, -0.2) is 0 Å². The topological polar surface area (TPSA) is 54.7 Å². The lowest BCUT2D eigenvalue weighted by molar-refractivity contribution is 0.604. The van der Waals surface area contributed by atoms with Crippen LogP contribution < -0.4 is 10.2 Å². The van der Waals surface area contributed by atoms with Crippen LogP contribution >= 0.6 is 0 Å². The summed E-state index contributed by atoms with van der Waals surface area (Å²) >= 11 is 0. The number of allylic oxidation sites excluding steroid dienone is 3. The third-order valence-corrected chi connectivity index (χ3v) is 15.7. The lowest BCUT2D eigenvalue weighted by Gasteiger charge is -2.39. The molecule has 5 heteroatoms. The molecule has 3 heterocycles. The predicted octanol–water partition coefficient (Wildman–Crippen LogP) is 18.6. The molecule has 9 aromatic carbocycles. The SMILES string of the molecule is C=Cc1c(/C=C\C)oc2c(Nc3cc4c(c5c3oc3ccccc35)C3=C(CC(N(c5ccccc5-c5ccccc5)c5cccc6c5oc5ccccc56)C=C3)C43c4ccccc4-c4ccccc43)cccc12. The molecule has 73 heavy (non-hydrogen) atoms. The molecule has 3 aliphatic carbocycles. The minimum Gasteiger partial charge on any atom is -0.454 e. The number of hydrogen-bond donors (Lipinski definition) is 1. The highest BCUT2D eigenvalue weighted by Gasteiger charge is 2.55. The summed E-state index contributed by atoms with van der Waals surface area (Å²) in [5.41, 5.74) is 20.7. The van der Waals surface area contributed by atoms with Crippen molar-refractivity contribution in [2.75, 3.05) is 10.2 Å². The molecule has 5 nitrogen and oxygen atoms in total. The van der Waals surface area contributed by atoms with E-state index in [0.717, 1.165) is 100 Å². The first-order valence-electron chi connectivity index (χ1n) is 25.2. The lowest BCUT2D eigenvalue weighted by atomic mass is 9.67. The van der Waals surface area contributed by atoms with Crippen molar-refractivity contribution >= 4 is 95.3 Å². The van der Waals surface area contributed by atoms with E-state index in [1.54, 1.807) is 0 Å². The molecule has 0 saturated heterocycles. The molecule has 0 fully saturated rings. The van der Waals surface area contributed by atoms with Crippen molar-refractivity contribution in [2.24, 2.45) is 0 Å². The molecule has 346 valence electrons. The maximum atomic E-state index is 7.06. The van der Waals surface area contributed by atoms with Gasteiger partial charge in [-0.2, -0.15) is 0 Å². The van der Waals surface area contributed by atoms with Crippen molar-refractivity contribution in [3.8, 4) is 22.3 Å². The Kier molecular flexibility index (Phi) is 9.00. The van der Waals surface area contributed by atoms with Gasteiger partial charge in [-0.15, -0.1) is 0 Å². The highest BCUT2D eigenvalue weighted by Crippen LogP contribution is 2.66. The zero-order valence-corrected chi connectivity index (χ0v) is 40.0. The van der Waals surface area contributed by atoms with Gasteiger partial charge in [-0.1, -0.05) is 189 Å². The van der Waals surface area contributed by atoms with Crippen LogP contribution in [0, 0.1) is 0 Å². The number of hydrogen-bond acceptors (Lipinski definition) is 5. The lowest BCUT2D eigenvalue weighted by Crippen LogP contribution is -2.36. The number of nitrogens with zero attached hydrogens (tertiary/aromatic N) is 1. The van der Waals surface area contributed by atoms with E-state index in [9.17, 15) is 0 Å². The van der Waals surface area contributed by atoms with Gasteiger partial charge >= 0.3 is 0 Å². The third kappa shape index (κ3) is 5.79. The van der Waals surface area contributed by atoms with Gasteiger partial charge in [0.2, 0.25) is 0 Å². The molecule has 3 aromatic heterocycles. The molecule has 1 spiro atoms. The van der Waals surface area contributed by atoms with E-state index < -0.39 is 5.41 Å². The minimum absolute atomic E-state index is 0.135. The van der Waals surface area contributed by atoms with Crippen LogP contribution in [0.5, 0.6) is 0 Å². The van der Waals surface area contributed by atoms with E-state index in [1.165, 1.54) is 44.5 Å². The Morgan fingerprint density at radius 1 is 0.562 bits per heavy atom. The zero-order chi connectivity index (χ0) is 48.4. The van der Waals surface area contributed by atoms with Crippen LogP contribution in [0.25, 0.3) is 94.8 Å². The summed E-state index contributed by atoms with van der Waals surface area (Å²) < 4.78 is 20.7. The van der Waals surface area contributed by atoms with Crippen LogP contribution in [-0.4, -0.2) is 6.04 Å². The Labute approximate surface area is 421 Å². The smallest absolute Gasteiger partial charge is 0.159 e. The standard InChI is InChI=1S/C68H46N2O3/c1-3-20-60-43(4-2)48-28-18-32-56(65(48)71-60)69-57-40-55-63(64-51-27-12-17-36-62(51)73-67(57)64)50-38-37-42(39-54(50)68(55)52-30-13-8-24-45(52)46-25-9-14-31-53(46)68)70(58-33-15-10-23-44(58)41-21-6-5-7-22-41)59-34-19-29-49-47-26-11-16-35-61(47)72-66(49)59/h3-38,40,42,69H,2,39H2,1H3/b20-3-. The van der Waals surface area contributed by atoms with Crippen LogP contribution in [-0.2, 0) is 5.41 Å². The van der Waals surface area contributed by atoms with Crippen molar-refractivity contribution in [3.63, 3.8) is 0 Å². The van der Waals surface area contributed by atoms with Gasteiger partial charge < -0.3 is 23.5 Å². The number of para-hydroxylation sites is 5. The van der Waals surface area contributed by atoms with E-state index in [4.69, 9.17) is 13.3 Å². The first kappa shape index (κ1) is 41.5. The summed E-state index contributed by atoms with van der Waals surface area (Å²) in [6, 6.07) is 69.8. The fourth-order valence-electron chi connectivity index (χ4n) is 12.9. The Morgan fingerprint density at radius 3 is 1.97 bits per heavy atom. The summed E-state index contributed by atoms with van der Waals surface area (Å²) in [4.78, 5) is 2.55. The molecule has 3 aliphatic rings. The number of furan rings is 3. The van der Waals surface area contributed by atoms with Crippen LogP contribution in [0.3, 0.4) is 0 Å². The molecule has 15 rings (SSSR count). The van der Waals surface area contributed by atoms with Crippen molar-refractivity contribution in [1.82, 2.24) is 0 Å². The largest absolute Gasteiger partial charge is 0.454 e. The molecule has 0 saturated carbocycles. The monoisotopic (exact) mass is 938 g/mol. The Morgan fingerprint density at radius 2 is 1.19 bits per heavy atom. The van der Waals surface area contributed by atoms with E-state index in [0.29, 0.717) is 6.42 Å². The second-order valence-electron chi connectivity index (χ2n) is 19.4. The number of fused-ring (bicyclic) bond motifs is 17. The van der Waals surface area contributed by atoms with Gasteiger partial charge in [0.25, 0.3) is 0 Å². The van der Waals surface area contributed by atoms with Crippen LogP contribution in [0.4, 0.5) is 22.7 Å². The highest BCUT2D eigenvalue weighted by molar-refractivity contribution is 6.19. The van der Waals surface area contributed by atoms with E-state index in [2.05, 4.69) is 223 Å². The van der Waals surface area contributed by atoms with Gasteiger partial charge in [0, 0.05) is 43.7 Å². The normalized spacial score (nSPS) is 15.3.